The van der Waals surface area contributed by atoms with Gasteiger partial charge >= 0.3 is 5.97 Å². The van der Waals surface area contributed by atoms with Gasteiger partial charge < -0.3 is 25.0 Å². The summed E-state index contributed by atoms with van der Waals surface area (Å²) in [5, 5.41) is 20.8. The van der Waals surface area contributed by atoms with Crippen molar-refractivity contribution in [1.29, 1.82) is 0 Å². The number of carbonyl (C=O) groups is 1. The van der Waals surface area contributed by atoms with Crippen molar-refractivity contribution < 1.29 is 24.5 Å². The minimum atomic E-state index is -0.905. The first-order valence-electron chi connectivity index (χ1n) is 5.38. The molecule has 0 bridgehead atoms. The number of aliphatic hydroxyl groups excluding tert-OH is 1. The summed E-state index contributed by atoms with van der Waals surface area (Å²) in [5.41, 5.74) is 0. The number of aliphatic hydroxyl groups is 1. The Morgan fingerprint density at radius 2 is 2.38 bits per heavy atom. The Balaban J connectivity index is 2.21. The molecule has 0 radical (unpaired) electrons. The zero-order valence-corrected chi connectivity index (χ0v) is 9.39. The van der Waals surface area contributed by atoms with E-state index in [4.69, 9.17) is 19.7 Å². The normalized spacial score (nSPS) is 26.9. The summed E-state index contributed by atoms with van der Waals surface area (Å²) in [6.45, 7) is 0.951. The monoisotopic (exact) mass is 233 g/mol. The van der Waals surface area contributed by atoms with Gasteiger partial charge in [-0.25, -0.2) is 4.79 Å². The van der Waals surface area contributed by atoms with Crippen molar-refractivity contribution in [3.63, 3.8) is 0 Å². The second kappa shape index (κ2) is 6.80. The first kappa shape index (κ1) is 13.4. The van der Waals surface area contributed by atoms with Crippen LogP contribution in [0.1, 0.15) is 12.8 Å². The maximum atomic E-state index is 10.6. The summed E-state index contributed by atoms with van der Waals surface area (Å²) in [6, 6.07) is -0.127. The van der Waals surface area contributed by atoms with Gasteiger partial charge in [-0.3, -0.25) is 0 Å². The van der Waals surface area contributed by atoms with E-state index in [1.54, 1.807) is 7.11 Å². The van der Waals surface area contributed by atoms with Gasteiger partial charge in [-0.05, 0) is 12.8 Å². The first-order chi connectivity index (χ1) is 7.67. The zero-order valence-electron chi connectivity index (χ0n) is 9.39. The summed E-state index contributed by atoms with van der Waals surface area (Å²) >= 11 is 0. The maximum absolute atomic E-state index is 10.6. The van der Waals surface area contributed by atoms with Crippen LogP contribution in [0.5, 0.6) is 0 Å². The van der Waals surface area contributed by atoms with E-state index in [2.05, 4.69) is 5.32 Å². The van der Waals surface area contributed by atoms with Crippen molar-refractivity contribution >= 4 is 5.97 Å². The van der Waals surface area contributed by atoms with Gasteiger partial charge in [-0.2, -0.15) is 0 Å². The molecule has 1 aliphatic rings. The maximum Gasteiger partial charge on any atom is 0.332 e. The Hall–Kier alpha value is -0.690. The van der Waals surface area contributed by atoms with Crippen LogP contribution >= 0.6 is 0 Å². The van der Waals surface area contributed by atoms with E-state index in [0.29, 0.717) is 19.6 Å². The van der Waals surface area contributed by atoms with Crippen molar-refractivity contribution in [2.75, 3.05) is 26.9 Å². The van der Waals surface area contributed by atoms with Crippen LogP contribution in [0.15, 0.2) is 0 Å². The SMILES string of the molecule is COCC(CO)NCC1CCC(C(=O)O)O1. The molecule has 0 aromatic carbocycles. The van der Waals surface area contributed by atoms with E-state index in [0.717, 1.165) is 6.42 Å². The summed E-state index contributed by atoms with van der Waals surface area (Å²) < 4.78 is 10.2. The van der Waals surface area contributed by atoms with Crippen LogP contribution in [0.25, 0.3) is 0 Å². The molecule has 3 N–H and O–H groups in total. The average Bonchev–Trinajstić information content (AvgIpc) is 2.73. The third kappa shape index (κ3) is 4.05. The van der Waals surface area contributed by atoms with Gasteiger partial charge in [-0.15, -0.1) is 0 Å². The highest BCUT2D eigenvalue weighted by atomic mass is 16.5. The predicted octanol–water partition coefficient (Wildman–Crippen LogP) is -0.784. The molecule has 0 aliphatic carbocycles. The highest BCUT2D eigenvalue weighted by Gasteiger charge is 2.30. The third-order valence-electron chi connectivity index (χ3n) is 2.61. The van der Waals surface area contributed by atoms with Gasteiger partial charge in [-0.1, -0.05) is 0 Å². The fourth-order valence-corrected chi connectivity index (χ4v) is 1.71. The molecule has 1 aliphatic heterocycles. The smallest absolute Gasteiger partial charge is 0.332 e. The molecule has 0 aromatic rings. The minimum Gasteiger partial charge on any atom is -0.479 e. The van der Waals surface area contributed by atoms with Crippen LogP contribution in [0.4, 0.5) is 0 Å². The molecule has 1 rings (SSSR count). The molecule has 94 valence electrons. The van der Waals surface area contributed by atoms with Crippen LogP contribution in [0.2, 0.25) is 0 Å². The molecule has 6 nitrogen and oxygen atoms in total. The zero-order chi connectivity index (χ0) is 12.0. The van der Waals surface area contributed by atoms with Crippen molar-refractivity contribution in [1.82, 2.24) is 5.32 Å². The van der Waals surface area contributed by atoms with Gasteiger partial charge in [0.15, 0.2) is 6.10 Å². The molecular formula is C10H19NO5. The Morgan fingerprint density at radius 1 is 1.62 bits per heavy atom. The van der Waals surface area contributed by atoms with E-state index in [1.165, 1.54) is 0 Å². The minimum absolute atomic E-state index is 0.0110. The van der Waals surface area contributed by atoms with E-state index >= 15 is 0 Å². The largest absolute Gasteiger partial charge is 0.479 e. The van der Waals surface area contributed by atoms with E-state index in [9.17, 15) is 4.79 Å². The molecule has 0 spiro atoms. The van der Waals surface area contributed by atoms with Gasteiger partial charge in [0, 0.05) is 13.7 Å². The number of hydrogen-bond donors (Lipinski definition) is 3. The second-order valence-electron chi connectivity index (χ2n) is 3.91. The number of hydrogen-bond acceptors (Lipinski definition) is 5. The van der Waals surface area contributed by atoms with Crippen LogP contribution < -0.4 is 5.32 Å². The number of ether oxygens (including phenoxy) is 2. The molecule has 0 amide bonds. The Kier molecular flexibility index (Phi) is 5.68. The molecule has 1 fully saturated rings. The van der Waals surface area contributed by atoms with Crippen LogP contribution in [0.3, 0.4) is 0 Å². The van der Waals surface area contributed by atoms with Crippen molar-refractivity contribution in [3.8, 4) is 0 Å². The summed E-state index contributed by atoms with van der Waals surface area (Å²) in [5.74, 6) is -0.905. The quantitative estimate of drug-likeness (QED) is 0.534. The Morgan fingerprint density at radius 3 is 2.88 bits per heavy atom. The Bertz CT molecular complexity index is 223. The van der Waals surface area contributed by atoms with Crippen molar-refractivity contribution in [2.45, 2.75) is 31.1 Å². The lowest BCUT2D eigenvalue weighted by Gasteiger charge is -2.18. The van der Waals surface area contributed by atoms with Crippen LogP contribution in [0, 0.1) is 0 Å². The van der Waals surface area contributed by atoms with Crippen molar-refractivity contribution in [3.05, 3.63) is 0 Å². The van der Waals surface area contributed by atoms with Gasteiger partial charge in [0.05, 0.1) is 25.4 Å². The lowest BCUT2D eigenvalue weighted by atomic mass is 10.2. The van der Waals surface area contributed by atoms with E-state index in [-0.39, 0.29) is 18.8 Å². The number of carboxylic acids is 1. The fourth-order valence-electron chi connectivity index (χ4n) is 1.71. The molecule has 0 saturated carbocycles. The standard InChI is InChI=1S/C10H19NO5/c1-15-6-7(5-12)11-4-8-2-3-9(16-8)10(13)14/h7-9,11-12H,2-6H2,1H3,(H,13,14). The number of carboxylic acid groups (broad SMARTS) is 1. The number of rotatable bonds is 7. The lowest BCUT2D eigenvalue weighted by molar-refractivity contribution is -0.149. The molecule has 1 saturated heterocycles. The van der Waals surface area contributed by atoms with Gasteiger partial charge in [0.25, 0.3) is 0 Å². The summed E-state index contributed by atoms with van der Waals surface area (Å²) in [4.78, 5) is 10.6. The molecule has 0 aromatic heterocycles. The molecule has 3 unspecified atom stereocenters. The molecule has 1 heterocycles. The molecule has 6 heteroatoms. The topological polar surface area (TPSA) is 88.0 Å². The summed E-state index contributed by atoms with van der Waals surface area (Å²) in [6.07, 6.45) is 0.513. The van der Waals surface area contributed by atoms with Crippen LogP contribution in [-0.4, -0.2) is 61.3 Å². The van der Waals surface area contributed by atoms with Crippen molar-refractivity contribution in [2.24, 2.45) is 0 Å². The molecule has 3 atom stereocenters. The Labute approximate surface area is 94.5 Å². The summed E-state index contributed by atoms with van der Waals surface area (Å²) in [7, 11) is 1.57. The highest BCUT2D eigenvalue weighted by Crippen LogP contribution is 2.19. The fraction of sp³-hybridized carbons (Fsp3) is 0.900. The molecule has 16 heavy (non-hydrogen) atoms. The first-order valence-corrected chi connectivity index (χ1v) is 5.38. The van der Waals surface area contributed by atoms with E-state index in [1.807, 2.05) is 0 Å². The second-order valence-corrected chi connectivity index (χ2v) is 3.91. The average molecular weight is 233 g/mol. The number of aliphatic carboxylic acids is 1. The lowest BCUT2D eigenvalue weighted by Crippen LogP contribution is -2.41. The predicted molar refractivity (Wildman–Crippen MR) is 56.3 cm³/mol. The van der Waals surface area contributed by atoms with Gasteiger partial charge in [0.2, 0.25) is 0 Å². The highest BCUT2D eigenvalue weighted by molar-refractivity contribution is 5.72. The van der Waals surface area contributed by atoms with E-state index < -0.39 is 12.1 Å². The number of nitrogens with one attached hydrogen (secondary N) is 1. The number of methoxy groups -OCH3 is 1. The van der Waals surface area contributed by atoms with Gasteiger partial charge in [0.1, 0.15) is 0 Å². The third-order valence-corrected chi connectivity index (χ3v) is 2.61. The molecular weight excluding hydrogens is 214 g/mol. The van der Waals surface area contributed by atoms with Crippen LogP contribution in [-0.2, 0) is 14.3 Å².